The van der Waals surface area contributed by atoms with Gasteiger partial charge in [-0.15, -0.1) is 0 Å². The Morgan fingerprint density at radius 1 is 1.38 bits per heavy atom. The molecule has 0 aliphatic carbocycles. The number of nitrogens with zero attached hydrogens (tertiary/aromatic N) is 3. The number of aromatic nitrogens is 2. The lowest BCUT2D eigenvalue weighted by Gasteiger charge is -2.08. The van der Waals surface area contributed by atoms with Crippen LogP contribution < -0.4 is 4.72 Å². The summed E-state index contributed by atoms with van der Waals surface area (Å²) < 4.78 is 28.5. The van der Waals surface area contributed by atoms with Crippen molar-refractivity contribution < 1.29 is 13.3 Å². The Bertz CT molecular complexity index is 864. The van der Waals surface area contributed by atoms with E-state index in [-0.39, 0.29) is 17.1 Å². The molecule has 0 amide bonds. The van der Waals surface area contributed by atoms with Crippen molar-refractivity contribution in [1.29, 1.82) is 0 Å². The third-order valence-corrected chi connectivity index (χ3v) is 5.48. The number of sulfonamides is 1. The predicted molar refractivity (Wildman–Crippen MR) is 89.6 cm³/mol. The summed E-state index contributed by atoms with van der Waals surface area (Å²) in [6, 6.07) is 4.93. The number of nitro groups is 1. The molecule has 1 heterocycles. The minimum atomic E-state index is -3.79. The van der Waals surface area contributed by atoms with Crippen LogP contribution in [0.15, 0.2) is 29.2 Å². The molecule has 2 aromatic rings. The maximum atomic E-state index is 12.2. The van der Waals surface area contributed by atoms with Crippen LogP contribution in [0.1, 0.15) is 17.8 Å². The monoisotopic (exact) mass is 372 g/mol. The third kappa shape index (κ3) is 4.11. The lowest BCUT2D eigenvalue weighted by molar-refractivity contribution is -0.385. The van der Waals surface area contributed by atoms with E-state index in [1.165, 1.54) is 18.2 Å². The van der Waals surface area contributed by atoms with Crippen molar-refractivity contribution in [2.24, 2.45) is 0 Å². The molecule has 10 heteroatoms. The van der Waals surface area contributed by atoms with Gasteiger partial charge in [-0.05, 0) is 26.3 Å². The van der Waals surface area contributed by atoms with Crippen LogP contribution in [0.5, 0.6) is 0 Å². The Hall–Kier alpha value is -1.97. The number of hydrogen-bond donors (Lipinski definition) is 1. The first-order valence-corrected chi connectivity index (χ1v) is 9.02. The highest BCUT2D eigenvalue weighted by atomic mass is 35.5. The van der Waals surface area contributed by atoms with E-state index in [1.807, 2.05) is 6.92 Å². The standard InChI is InChI=1S/C14H17ClN4O4S/c1-10-14(15)11(2)18(17-10)8-4-7-16-24(22,23)13-6-3-5-12(9-13)19(20)21/h3,5-6,9,16H,4,7-8H2,1-2H3. The zero-order chi connectivity index (χ0) is 17.9. The summed E-state index contributed by atoms with van der Waals surface area (Å²) in [7, 11) is -3.79. The van der Waals surface area contributed by atoms with Crippen LogP contribution in [0.4, 0.5) is 5.69 Å². The van der Waals surface area contributed by atoms with Gasteiger partial charge >= 0.3 is 0 Å². The van der Waals surface area contributed by atoms with E-state index in [2.05, 4.69) is 9.82 Å². The molecule has 0 unspecified atom stereocenters. The van der Waals surface area contributed by atoms with Crippen LogP contribution in [0.2, 0.25) is 5.02 Å². The van der Waals surface area contributed by atoms with Gasteiger partial charge in [0.15, 0.2) is 0 Å². The number of rotatable bonds is 7. The molecule has 0 fully saturated rings. The first-order valence-electron chi connectivity index (χ1n) is 7.16. The van der Waals surface area contributed by atoms with Crippen LogP contribution >= 0.6 is 11.6 Å². The number of halogens is 1. The van der Waals surface area contributed by atoms with Gasteiger partial charge in [-0.25, -0.2) is 13.1 Å². The minimum Gasteiger partial charge on any atom is -0.268 e. The zero-order valence-electron chi connectivity index (χ0n) is 13.2. The molecule has 0 atom stereocenters. The Kier molecular flexibility index (Phi) is 5.58. The van der Waals surface area contributed by atoms with E-state index in [9.17, 15) is 18.5 Å². The average Bonchev–Trinajstić information content (AvgIpc) is 2.79. The summed E-state index contributed by atoms with van der Waals surface area (Å²) >= 11 is 6.05. The molecule has 0 saturated heterocycles. The number of aryl methyl sites for hydroxylation is 2. The third-order valence-electron chi connectivity index (χ3n) is 3.47. The van der Waals surface area contributed by atoms with Crippen molar-refractivity contribution in [2.45, 2.75) is 31.7 Å². The number of non-ortho nitro benzene ring substituents is 1. The van der Waals surface area contributed by atoms with Crippen molar-refractivity contribution in [3.63, 3.8) is 0 Å². The van der Waals surface area contributed by atoms with Gasteiger partial charge < -0.3 is 0 Å². The highest BCUT2D eigenvalue weighted by Gasteiger charge is 2.17. The molecule has 0 saturated carbocycles. The van der Waals surface area contributed by atoms with Crippen LogP contribution in [0.3, 0.4) is 0 Å². The van der Waals surface area contributed by atoms with Crippen LogP contribution in [0.25, 0.3) is 0 Å². The highest BCUT2D eigenvalue weighted by Crippen LogP contribution is 2.19. The smallest absolute Gasteiger partial charge is 0.268 e. The Labute approximate surface area is 144 Å². The van der Waals surface area contributed by atoms with Gasteiger partial charge in [-0.2, -0.15) is 5.10 Å². The van der Waals surface area contributed by atoms with Gasteiger partial charge in [0.2, 0.25) is 10.0 Å². The molecule has 0 bridgehead atoms. The minimum absolute atomic E-state index is 0.133. The molecule has 1 N–H and O–H groups in total. The maximum absolute atomic E-state index is 12.2. The summed E-state index contributed by atoms with van der Waals surface area (Å²) in [5.74, 6) is 0. The molecule has 2 rings (SSSR count). The predicted octanol–water partition coefficient (Wildman–Crippen LogP) is 2.43. The lowest BCUT2D eigenvalue weighted by Crippen LogP contribution is -2.25. The van der Waals surface area contributed by atoms with Gasteiger partial charge in [0.05, 0.1) is 26.2 Å². The summed E-state index contributed by atoms with van der Waals surface area (Å²) in [5, 5.41) is 15.6. The Morgan fingerprint density at radius 3 is 2.67 bits per heavy atom. The van der Waals surface area contributed by atoms with Crippen molar-refractivity contribution in [3.8, 4) is 0 Å². The number of nitro benzene ring substituents is 1. The first-order chi connectivity index (χ1) is 11.2. The van der Waals surface area contributed by atoms with E-state index in [0.29, 0.717) is 18.0 Å². The fraction of sp³-hybridized carbons (Fsp3) is 0.357. The number of benzene rings is 1. The van der Waals surface area contributed by atoms with Crippen LogP contribution in [0, 0.1) is 24.0 Å². The largest absolute Gasteiger partial charge is 0.270 e. The highest BCUT2D eigenvalue weighted by molar-refractivity contribution is 7.89. The van der Waals surface area contributed by atoms with E-state index >= 15 is 0 Å². The summed E-state index contributed by atoms with van der Waals surface area (Å²) in [5.41, 5.74) is 1.29. The molecule has 1 aromatic carbocycles. The topological polar surface area (TPSA) is 107 Å². The molecule has 8 nitrogen and oxygen atoms in total. The van der Waals surface area contributed by atoms with Crippen molar-refractivity contribution in [1.82, 2.24) is 14.5 Å². The lowest BCUT2D eigenvalue weighted by atomic mass is 10.3. The van der Waals surface area contributed by atoms with Gasteiger partial charge in [-0.3, -0.25) is 14.8 Å². The Balaban J connectivity index is 1.97. The second-order valence-electron chi connectivity index (χ2n) is 5.21. The zero-order valence-corrected chi connectivity index (χ0v) is 14.8. The second-order valence-corrected chi connectivity index (χ2v) is 7.36. The quantitative estimate of drug-likeness (QED) is 0.456. The van der Waals surface area contributed by atoms with E-state index in [0.717, 1.165) is 17.5 Å². The molecule has 0 aliphatic rings. The van der Waals surface area contributed by atoms with Gasteiger partial charge in [-0.1, -0.05) is 17.7 Å². The normalized spacial score (nSPS) is 11.6. The van der Waals surface area contributed by atoms with Crippen molar-refractivity contribution in [2.75, 3.05) is 6.54 Å². The molecule has 1 aromatic heterocycles. The summed E-state index contributed by atoms with van der Waals surface area (Å²) in [6.45, 7) is 4.34. The first kappa shape index (κ1) is 18.4. The average molecular weight is 373 g/mol. The summed E-state index contributed by atoms with van der Waals surface area (Å²) in [4.78, 5) is 9.96. The van der Waals surface area contributed by atoms with E-state index < -0.39 is 14.9 Å². The maximum Gasteiger partial charge on any atom is 0.270 e. The fourth-order valence-corrected chi connectivity index (χ4v) is 3.42. The van der Waals surface area contributed by atoms with Gasteiger partial charge in [0.1, 0.15) is 0 Å². The molecular weight excluding hydrogens is 356 g/mol. The molecular formula is C14H17ClN4O4S. The molecule has 130 valence electrons. The SMILES string of the molecule is Cc1nn(CCCNS(=O)(=O)c2cccc([N+](=O)[O-])c2)c(C)c1Cl. The number of hydrogen-bond acceptors (Lipinski definition) is 5. The molecule has 24 heavy (non-hydrogen) atoms. The van der Waals surface area contributed by atoms with Gasteiger partial charge in [0, 0.05) is 25.2 Å². The molecule has 0 aliphatic heterocycles. The van der Waals surface area contributed by atoms with Crippen molar-refractivity contribution in [3.05, 3.63) is 50.8 Å². The summed E-state index contributed by atoms with van der Waals surface area (Å²) in [6.07, 6.45) is 0.506. The fourth-order valence-electron chi connectivity index (χ4n) is 2.18. The van der Waals surface area contributed by atoms with E-state index in [4.69, 9.17) is 11.6 Å². The second kappa shape index (κ2) is 7.29. The van der Waals surface area contributed by atoms with Crippen LogP contribution in [-0.2, 0) is 16.6 Å². The molecule has 0 radical (unpaired) electrons. The Morgan fingerprint density at radius 2 is 2.08 bits per heavy atom. The van der Waals surface area contributed by atoms with E-state index in [1.54, 1.807) is 11.6 Å². The van der Waals surface area contributed by atoms with Crippen LogP contribution in [-0.4, -0.2) is 29.7 Å². The van der Waals surface area contributed by atoms with Crippen molar-refractivity contribution >= 4 is 27.3 Å². The molecule has 0 spiro atoms. The van der Waals surface area contributed by atoms with Gasteiger partial charge in [0.25, 0.3) is 5.69 Å². The number of nitrogens with one attached hydrogen (secondary N) is 1.